The van der Waals surface area contributed by atoms with E-state index in [4.69, 9.17) is 34.8 Å². The van der Waals surface area contributed by atoms with Gasteiger partial charge in [0.05, 0.1) is 0 Å². The monoisotopic (exact) mass is 351 g/mol. The van der Waals surface area contributed by atoms with E-state index in [0.717, 1.165) is 6.20 Å². The van der Waals surface area contributed by atoms with E-state index in [0.29, 0.717) is 0 Å². The normalized spacial score (nSPS) is 13.2. The van der Waals surface area contributed by atoms with Gasteiger partial charge >= 0.3 is 5.03 Å². The van der Waals surface area contributed by atoms with Crippen LogP contribution in [0.15, 0.2) is 47.6 Å². The van der Waals surface area contributed by atoms with E-state index in [9.17, 15) is 13.6 Å². The summed E-state index contributed by atoms with van der Waals surface area (Å²) in [6.07, 6.45) is 1.07. The fourth-order valence-corrected chi connectivity index (χ4v) is 4.34. The van der Waals surface area contributed by atoms with E-state index < -0.39 is 19.6 Å². The molecule has 2 rings (SSSR count). The second kappa shape index (κ2) is 5.77. The van der Waals surface area contributed by atoms with Crippen LogP contribution < -0.4 is 4.73 Å². The predicted molar refractivity (Wildman–Crippen MR) is 77.6 cm³/mol. The highest BCUT2D eigenvalue weighted by Crippen LogP contribution is 2.39. The van der Waals surface area contributed by atoms with Crippen LogP contribution in [-0.2, 0) is 9.84 Å². The molecule has 1 atom stereocenters. The van der Waals surface area contributed by atoms with Gasteiger partial charge in [-0.3, -0.25) is 0 Å². The molecule has 4 nitrogen and oxygen atoms in total. The van der Waals surface area contributed by atoms with Crippen LogP contribution in [0.25, 0.3) is 0 Å². The largest absolute Gasteiger partial charge is 0.618 e. The number of benzene rings is 1. The standard InChI is InChI=1S/C12H8Cl3NO3S/c13-8-4-3-5-9(14)11(8)12(15)20(18,19)10-6-1-2-7-16(10)17/h1-7,12H. The van der Waals surface area contributed by atoms with Crippen LogP contribution >= 0.6 is 34.8 Å². The first-order valence-corrected chi connectivity index (χ1v) is 8.09. The van der Waals surface area contributed by atoms with Gasteiger partial charge in [0.1, 0.15) is 0 Å². The van der Waals surface area contributed by atoms with Crippen molar-refractivity contribution in [3.8, 4) is 0 Å². The van der Waals surface area contributed by atoms with E-state index in [-0.39, 0.29) is 20.3 Å². The van der Waals surface area contributed by atoms with E-state index in [2.05, 4.69) is 0 Å². The molecule has 2 aromatic rings. The Labute approximate surface area is 131 Å². The molecule has 0 radical (unpaired) electrons. The van der Waals surface area contributed by atoms with E-state index in [1.807, 2.05) is 0 Å². The molecule has 0 aliphatic heterocycles. The molecule has 0 saturated carbocycles. The Morgan fingerprint density at radius 2 is 1.65 bits per heavy atom. The average molecular weight is 353 g/mol. The molecule has 0 N–H and O–H groups in total. The molecule has 0 amide bonds. The summed E-state index contributed by atoms with van der Waals surface area (Å²) in [7, 11) is -4.12. The van der Waals surface area contributed by atoms with Crippen molar-refractivity contribution in [1.82, 2.24) is 0 Å². The van der Waals surface area contributed by atoms with E-state index in [1.54, 1.807) is 6.07 Å². The molecule has 1 aromatic heterocycles. The predicted octanol–water partition coefficient (Wildman–Crippen LogP) is 3.34. The summed E-state index contributed by atoms with van der Waals surface area (Å²) in [6, 6.07) is 8.54. The van der Waals surface area contributed by atoms with Crippen molar-refractivity contribution in [2.45, 2.75) is 9.74 Å². The molecular weight excluding hydrogens is 345 g/mol. The molecule has 0 aliphatic carbocycles. The Bertz CT molecular complexity index is 729. The van der Waals surface area contributed by atoms with Crippen molar-refractivity contribution >= 4 is 44.6 Å². The number of pyridine rings is 1. The van der Waals surface area contributed by atoms with Gasteiger partial charge in [-0.15, -0.1) is 0 Å². The number of halogens is 3. The first kappa shape index (κ1) is 15.4. The molecule has 1 unspecified atom stereocenters. The molecule has 0 saturated heterocycles. The topological polar surface area (TPSA) is 61.1 Å². The van der Waals surface area contributed by atoms with Crippen LogP contribution in [0.4, 0.5) is 0 Å². The summed E-state index contributed by atoms with van der Waals surface area (Å²) >= 11 is 17.9. The summed E-state index contributed by atoms with van der Waals surface area (Å²) in [5.74, 6) is 0. The number of hydrogen-bond acceptors (Lipinski definition) is 3. The van der Waals surface area contributed by atoms with Gasteiger partial charge in [-0.1, -0.05) is 40.9 Å². The van der Waals surface area contributed by atoms with Crippen LogP contribution in [0.1, 0.15) is 10.3 Å². The van der Waals surface area contributed by atoms with Crippen molar-refractivity contribution in [2.75, 3.05) is 0 Å². The number of aromatic nitrogens is 1. The third-order valence-corrected chi connectivity index (χ3v) is 5.84. The molecule has 1 heterocycles. The van der Waals surface area contributed by atoms with Crippen LogP contribution in [0.3, 0.4) is 0 Å². The highest BCUT2D eigenvalue weighted by Gasteiger charge is 2.35. The van der Waals surface area contributed by atoms with Gasteiger partial charge in [0.2, 0.25) is 0 Å². The van der Waals surface area contributed by atoms with Crippen molar-refractivity contribution in [2.24, 2.45) is 0 Å². The minimum absolute atomic E-state index is 0.0568. The number of nitrogens with zero attached hydrogens (tertiary/aromatic N) is 1. The maximum Gasteiger partial charge on any atom is 0.310 e. The third-order valence-electron chi connectivity index (χ3n) is 2.58. The summed E-state index contributed by atoms with van der Waals surface area (Å²) in [4.78, 5) is 0. The zero-order valence-electron chi connectivity index (χ0n) is 9.83. The van der Waals surface area contributed by atoms with Gasteiger partial charge in [0.15, 0.2) is 10.9 Å². The quantitative estimate of drug-likeness (QED) is 0.483. The smallest absolute Gasteiger partial charge is 0.310 e. The van der Waals surface area contributed by atoms with Crippen molar-refractivity contribution in [3.05, 3.63) is 63.4 Å². The first-order chi connectivity index (χ1) is 9.35. The van der Waals surface area contributed by atoms with Gasteiger partial charge in [-0.25, -0.2) is 8.42 Å². The van der Waals surface area contributed by atoms with Gasteiger partial charge in [0, 0.05) is 27.7 Å². The van der Waals surface area contributed by atoms with Crippen molar-refractivity contribution < 1.29 is 13.1 Å². The van der Waals surface area contributed by atoms with Gasteiger partial charge in [-0.05, 0) is 18.2 Å². The Morgan fingerprint density at radius 1 is 1.05 bits per heavy atom. The van der Waals surface area contributed by atoms with E-state index in [1.165, 1.54) is 30.3 Å². The summed E-state index contributed by atoms with van der Waals surface area (Å²) in [6.45, 7) is 0. The molecular formula is C12H8Cl3NO3S. The zero-order chi connectivity index (χ0) is 14.9. The van der Waals surface area contributed by atoms with Gasteiger partial charge in [0.25, 0.3) is 9.84 Å². The SMILES string of the molecule is O=S(=O)(c1cccc[n+]1[O-])C(Cl)c1c(Cl)cccc1Cl. The minimum Gasteiger partial charge on any atom is -0.618 e. The summed E-state index contributed by atoms with van der Waals surface area (Å²) < 4.78 is 23.5. The number of rotatable bonds is 3. The fourth-order valence-electron chi connectivity index (χ4n) is 1.62. The summed E-state index contributed by atoms with van der Waals surface area (Å²) in [5.41, 5.74) is 0.0568. The van der Waals surface area contributed by atoms with Crippen molar-refractivity contribution in [1.29, 1.82) is 0 Å². The minimum atomic E-state index is -4.12. The molecule has 0 bridgehead atoms. The van der Waals surface area contributed by atoms with Crippen molar-refractivity contribution in [3.63, 3.8) is 0 Å². The number of sulfone groups is 1. The molecule has 0 spiro atoms. The number of alkyl halides is 1. The fraction of sp³-hybridized carbons (Fsp3) is 0.0833. The molecule has 1 aromatic carbocycles. The van der Waals surface area contributed by atoms with Gasteiger partial charge in [-0.2, -0.15) is 4.73 Å². The average Bonchev–Trinajstić information content (AvgIpc) is 2.38. The highest BCUT2D eigenvalue weighted by atomic mass is 35.5. The summed E-state index contributed by atoms with van der Waals surface area (Å²) in [5, 5.41) is 11.4. The maximum absolute atomic E-state index is 12.4. The van der Waals surface area contributed by atoms with Crippen LogP contribution in [-0.4, -0.2) is 8.42 Å². The number of hydrogen-bond donors (Lipinski definition) is 0. The molecule has 106 valence electrons. The van der Waals surface area contributed by atoms with Gasteiger partial charge < -0.3 is 5.21 Å². The molecule has 8 heteroatoms. The Balaban J connectivity index is 2.59. The Morgan fingerprint density at radius 3 is 2.20 bits per heavy atom. The first-order valence-electron chi connectivity index (χ1n) is 5.36. The Hall–Kier alpha value is -1.01. The lowest BCUT2D eigenvalue weighted by Crippen LogP contribution is -2.34. The lowest BCUT2D eigenvalue weighted by molar-refractivity contribution is -0.646. The molecule has 0 fully saturated rings. The van der Waals surface area contributed by atoms with Crippen LogP contribution in [0.5, 0.6) is 0 Å². The van der Waals surface area contributed by atoms with Crippen LogP contribution in [0.2, 0.25) is 10.0 Å². The Kier molecular flexibility index (Phi) is 4.44. The van der Waals surface area contributed by atoms with Crippen LogP contribution in [0, 0.1) is 5.21 Å². The molecule has 20 heavy (non-hydrogen) atoms. The lowest BCUT2D eigenvalue weighted by atomic mass is 10.2. The maximum atomic E-state index is 12.4. The second-order valence-electron chi connectivity index (χ2n) is 3.86. The molecule has 0 aliphatic rings. The zero-order valence-corrected chi connectivity index (χ0v) is 12.9. The second-order valence-corrected chi connectivity index (χ2v) is 7.35. The van der Waals surface area contributed by atoms with E-state index >= 15 is 0 Å². The third kappa shape index (κ3) is 2.72. The highest BCUT2D eigenvalue weighted by molar-refractivity contribution is 7.92. The lowest BCUT2D eigenvalue weighted by Gasteiger charge is -2.13.